The van der Waals surface area contributed by atoms with Crippen molar-refractivity contribution in [3.05, 3.63) is 77.9 Å². The van der Waals surface area contributed by atoms with Gasteiger partial charge in [0.25, 0.3) is 5.91 Å². The highest BCUT2D eigenvalue weighted by atomic mass is 19.4. The van der Waals surface area contributed by atoms with Crippen LogP contribution in [-0.2, 0) is 26.2 Å². The van der Waals surface area contributed by atoms with Crippen molar-refractivity contribution in [3.63, 3.8) is 0 Å². The molecular weight excluding hydrogens is 527 g/mol. The third-order valence-corrected chi connectivity index (χ3v) is 6.85. The lowest BCUT2D eigenvalue weighted by molar-refractivity contribution is -0.140. The summed E-state index contributed by atoms with van der Waals surface area (Å²) < 4.78 is 50.1. The molecule has 1 amide bonds. The Hall–Kier alpha value is -4.94. The SMILES string of the molecule is COc1cc2c(N3CCc4c(cc(Cn5ccnc5)cc4-c4cn(C)nc4C(F)(F)F)C3=O)ncnc2cc1O. The van der Waals surface area contributed by atoms with Gasteiger partial charge in [-0.3, -0.25) is 14.4 Å². The predicted molar refractivity (Wildman–Crippen MR) is 138 cm³/mol. The number of anilines is 1. The highest BCUT2D eigenvalue weighted by Gasteiger charge is 2.39. The number of carbonyl (C=O) groups excluding carboxylic acids is 1. The smallest absolute Gasteiger partial charge is 0.435 e. The van der Waals surface area contributed by atoms with Crippen molar-refractivity contribution in [2.75, 3.05) is 18.6 Å². The number of hydrogen-bond donors (Lipinski definition) is 1. The summed E-state index contributed by atoms with van der Waals surface area (Å²) in [6.07, 6.45) is 3.13. The van der Waals surface area contributed by atoms with Gasteiger partial charge in [-0.15, -0.1) is 0 Å². The van der Waals surface area contributed by atoms with Crippen LogP contribution in [0.2, 0.25) is 0 Å². The van der Waals surface area contributed by atoms with E-state index < -0.39 is 17.8 Å². The number of carbonyl (C=O) groups is 1. The van der Waals surface area contributed by atoms with Crippen LogP contribution in [0.15, 0.2) is 55.5 Å². The fourth-order valence-corrected chi connectivity index (χ4v) is 5.12. The summed E-state index contributed by atoms with van der Waals surface area (Å²) in [7, 11) is 2.84. The van der Waals surface area contributed by atoms with Crippen LogP contribution in [0.5, 0.6) is 11.5 Å². The van der Waals surface area contributed by atoms with Gasteiger partial charge in [0.1, 0.15) is 12.1 Å². The van der Waals surface area contributed by atoms with Crippen LogP contribution in [0.4, 0.5) is 19.0 Å². The van der Waals surface area contributed by atoms with Crippen LogP contribution in [0.1, 0.15) is 27.2 Å². The maximum absolute atomic E-state index is 14.0. The monoisotopic (exact) mass is 549 g/mol. The number of ether oxygens (including phenoxy) is 1. The molecule has 0 radical (unpaired) electrons. The number of imidazole rings is 1. The Bertz CT molecular complexity index is 1760. The molecule has 1 aliphatic rings. The Labute approximate surface area is 225 Å². The van der Waals surface area contributed by atoms with Crippen LogP contribution in [0.25, 0.3) is 22.0 Å². The summed E-state index contributed by atoms with van der Waals surface area (Å²) in [5.41, 5.74) is 1.00. The fraction of sp³-hybridized carbons (Fsp3) is 0.222. The van der Waals surface area contributed by atoms with Gasteiger partial charge in [0.2, 0.25) is 0 Å². The number of nitrogens with zero attached hydrogens (tertiary/aromatic N) is 7. The van der Waals surface area contributed by atoms with Crippen molar-refractivity contribution in [2.24, 2.45) is 7.05 Å². The molecule has 10 nitrogen and oxygen atoms in total. The maximum Gasteiger partial charge on any atom is 0.435 e. The number of rotatable bonds is 5. The predicted octanol–water partition coefficient (Wildman–Crippen LogP) is 4.21. The van der Waals surface area contributed by atoms with E-state index >= 15 is 0 Å². The Morgan fingerprint density at radius 1 is 1.10 bits per heavy atom. The molecule has 1 aliphatic heterocycles. The third-order valence-electron chi connectivity index (χ3n) is 6.85. The molecule has 0 unspecified atom stereocenters. The lowest BCUT2D eigenvalue weighted by Gasteiger charge is -2.30. The zero-order valence-electron chi connectivity index (χ0n) is 21.3. The second kappa shape index (κ2) is 9.36. The molecular formula is C27H22F3N7O3. The number of amides is 1. The summed E-state index contributed by atoms with van der Waals surface area (Å²) in [6.45, 7) is 0.457. The average molecular weight is 550 g/mol. The first-order valence-corrected chi connectivity index (χ1v) is 12.2. The van der Waals surface area contributed by atoms with E-state index in [2.05, 4.69) is 20.1 Å². The highest BCUT2D eigenvalue weighted by Crippen LogP contribution is 2.41. The van der Waals surface area contributed by atoms with Crippen LogP contribution in [-0.4, -0.2) is 54.0 Å². The van der Waals surface area contributed by atoms with Crippen LogP contribution in [0.3, 0.4) is 0 Å². The summed E-state index contributed by atoms with van der Waals surface area (Å²) in [6, 6.07) is 6.35. The van der Waals surface area contributed by atoms with Gasteiger partial charge in [0, 0.05) is 61.3 Å². The Morgan fingerprint density at radius 2 is 1.90 bits per heavy atom. The molecule has 13 heteroatoms. The van der Waals surface area contributed by atoms with Gasteiger partial charge in [-0.25, -0.2) is 15.0 Å². The molecule has 0 saturated carbocycles. The van der Waals surface area contributed by atoms with E-state index in [1.165, 1.54) is 37.6 Å². The second-order valence-corrected chi connectivity index (χ2v) is 9.41. The molecule has 2 aromatic carbocycles. The number of aromatic hydroxyl groups is 1. The molecule has 0 spiro atoms. The van der Waals surface area contributed by atoms with Gasteiger partial charge in [0.15, 0.2) is 17.2 Å². The van der Waals surface area contributed by atoms with Gasteiger partial charge in [-0.1, -0.05) is 0 Å². The van der Waals surface area contributed by atoms with Gasteiger partial charge in [-0.05, 0) is 41.3 Å². The van der Waals surface area contributed by atoms with Crippen molar-refractivity contribution in [3.8, 4) is 22.6 Å². The zero-order valence-corrected chi connectivity index (χ0v) is 21.3. The van der Waals surface area contributed by atoms with Crippen molar-refractivity contribution < 1.29 is 27.8 Å². The number of aryl methyl sites for hydroxylation is 1. The number of halogens is 3. The minimum absolute atomic E-state index is 0.0901. The van der Waals surface area contributed by atoms with Gasteiger partial charge in [-0.2, -0.15) is 18.3 Å². The molecule has 5 aromatic rings. The largest absolute Gasteiger partial charge is 0.504 e. The van der Waals surface area contributed by atoms with E-state index in [-0.39, 0.29) is 35.6 Å². The normalized spacial score (nSPS) is 13.6. The number of phenols is 1. The lowest BCUT2D eigenvalue weighted by Crippen LogP contribution is -2.38. The molecule has 1 N–H and O–H groups in total. The lowest BCUT2D eigenvalue weighted by atomic mass is 9.88. The summed E-state index contributed by atoms with van der Waals surface area (Å²) >= 11 is 0. The van der Waals surface area contributed by atoms with Gasteiger partial charge < -0.3 is 14.4 Å². The summed E-state index contributed by atoms with van der Waals surface area (Å²) in [5, 5.41) is 14.4. The number of benzene rings is 2. The van der Waals surface area contributed by atoms with Crippen LogP contribution < -0.4 is 9.64 Å². The molecule has 0 atom stereocenters. The average Bonchev–Trinajstić information content (AvgIpc) is 3.57. The van der Waals surface area contributed by atoms with Crippen molar-refractivity contribution in [1.29, 1.82) is 0 Å². The first-order valence-electron chi connectivity index (χ1n) is 12.2. The number of methoxy groups -OCH3 is 1. The first-order chi connectivity index (χ1) is 19.1. The number of alkyl halides is 3. The minimum atomic E-state index is -4.68. The molecule has 0 bridgehead atoms. The third kappa shape index (κ3) is 4.28. The second-order valence-electron chi connectivity index (χ2n) is 9.41. The summed E-state index contributed by atoms with van der Waals surface area (Å²) in [5.74, 6) is -0.0346. The number of aromatic nitrogens is 6. The number of phenolic OH excluding ortho intramolecular Hbond substituents is 1. The number of fused-ring (bicyclic) bond motifs is 2. The highest BCUT2D eigenvalue weighted by molar-refractivity contribution is 6.12. The Morgan fingerprint density at radius 3 is 2.62 bits per heavy atom. The van der Waals surface area contributed by atoms with Crippen LogP contribution in [0, 0.1) is 0 Å². The van der Waals surface area contributed by atoms with Gasteiger partial charge >= 0.3 is 6.18 Å². The van der Waals surface area contributed by atoms with Gasteiger partial charge in [0.05, 0.1) is 19.0 Å². The molecule has 0 aliphatic carbocycles. The summed E-state index contributed by atoms with van der Waals surface area (Å²) in [4.78, 5) is 28.1. The molecule has 40 heavy (non-hydrogen) atoms. The van der Waals surface area contributed by atoms with E-state index in [1.54, 1.807) is 41.5 Å². The molecule has 4 heterocycles. The molecule has 3 aromatic heterocycles. The first kappa shape index (κ1) is 25.3. The van der Waals surface area contributed by atoms with E-state index in [0.29, 0.717) is 40.0 Å². The topological polar surface area (TPSA) is 111 Å². The van der Waals surface area contributed by atoms with Crippen molar-refractivity contribution >= 4 is 22.6 Å². The standard InChI is InChI=1S/C27H22F3N7O3/c1-35-12-20(24(34-35)27(28,29)30)17-7-15(11-36-6-4-31-14-36)8-18-16(17)3-5-37(26(18)39)25-19-9-23(40-2)22(38)10-21(19)32-13-33-25/h4,6-10,12-14,38H,3,5,11H2,1-2H3. The van der Waals surface area contributed by atoms with E-state index in [0.717, 1.165) is 4.68 Å². The van der Waals surface area contributed by atoms with E-state index in [9.17, 15) is 23.1 Å². The fourth-order valence-electron chi connectivity index (χ4n) is 5.12. The molecule has 0 fully saturated rings. The molecule has 204 valence electrons. The van der Waals surface area contributed by atoms with Crippen molar-refractivity contribution in [2.45, 2.75) is 19.1 Å². The zero-order chi connectivity index (χ0) is 28.2. The molecule has 0 saturated heterocycles. The molecule has 6 rings (SSSR count). The Balaban J connectivity index is 1.52. The maximum atomic E-state index is 14.0. The van der Waals surface area contributed by atoms with E-state index in [1.807, 2.05) is 0 Å². The van der Waals surface area contributed by atoms with Crippen LogP contribution >= 0.6 is 0 Å². The number of hydrogen-bond acceptors (Lipinski definition) is 7. The van der Waals surface area contributed by atoms with E-state index in [4.69, 9.17) is 4.74 Å². The minimum Gasteiger partial charge on any atom is -0.504 e. The quantitative estimate of drug-likeness (QED) is 0.350. The Kier molecular flexibility index (Phi) is 5.93. The van der Waals surface area contributed by atoms with Crippen molar-refractivity contribution in [1.82, 2.24) is 29.3 Å².